The van der Waals surface area contributed by atoms with Gasteiger partial charge in [0.2, 0.25) is 0 Å². The van der Waals surface area contributed by atoms with Crippen LogP contribution in [0.5, 0.6) is 0 Å². The zero-order valence-corrected chi connectivity index (χ0v) is 19.4. The van der Waals surface area contributed by atoms with E-state index in [1.165, 1.54) is 4.31 Å². The van der Waals surface area contributed by atoms with Crippen LogP contribution in [0.2, 0.25) is 0 Å². The van der Waals surface area contributed by atoms with Gasteiger partial charge < -0.3 is 9.88 Å². The third kappa shape index (κ3) is 4.08. The molecule has 2 aromatic heterocycles. The van der Waals surface area contributed by atoms with Crippen molar-refractivity contribution in [2.75, 3.05) is 38.1 Å². The summed E-state index contributed by atoms with van der Waals surface area (Å²) in [7, 11) is -1.88. The van der Waals surface area contributed by atoms with E-state index in [0.717, 1.165) is 48.1 Å². The molecule has 33 heavy (non-hydrogen) atoms. The summed E-state index contributed by atoms with van der Waals surface area (Å²) in [6.45, 7) is 2.13. The highest BCUT2D eigenvalue weighted by atomic mass is 32.2. The van der Waals surface area contributed by atoms with E-state index in [9.17, 15) is 8.42 Å². The molecule has 1 aromatic carbocycles. The molecule has 1 spiro atoms. The number of nitrogens with zero attached hydrogens (tertiary/aromatic N) is 6. The molecule has 10 heteroatoms. The summed E-state index contributed by atoms with van der Waals surface area (Å²) < 4.78 is 30.1. The van der Waals surface area contributed by atoms with Gasteiger partial charge in [0.05, 0.1) is 22.6 Å². The zero-order valence-electron chi connectivity index (χ0n) is 18.6. The van der Waals surface area contributed by atoms with Crippen LogP contribution in [0.4, 0.5) is 5.82 Å². The van der Waals surface area contributed by atoms with Gasteiger partial charge in [-0.2, -0.15) is 22.3 Å². The molecule has 1 saturated heterocycles. The number of fused-ring (bicyclic) bond motifs is 1. The normalized spacial score (nSPS) is 18.2. The number of anilines is 1. The molecule has 0 amide bonds. The number of aryl methyl sites for hydroxylation is 1. The minimum Gasteiger partial charge on any atom is -0.353 e. The SMILES string of the molecule is CN(CCCc1ccc(C#N)cc1)S(=O)(=O)N1CCN(c2ncnc3[nH]ccc23)CC12CC2. The van der Waals surface area contributed by atoms with Crippen molar-refractivity contribution >= 4 is 27.1 Å². The van der Waals surface area contributed by atoms with Gasteiger partial charge in [0.1, 0.15) is 17.8 Å². The molecule has 0 atom stereocenters. The van der Waals surface area contributed by atoms with Crippen LogP contribution in [0, 0.1) is 11.3 Å². The van der Waals surface area contributed by atoms with Gasteiger partial charge in [0.25, 0.3) is 10.2 Å². The Morgan fingerprint density at radius 2 is 1.97 bits per heavy atom. The van der Waals surface area contributed by atoms with E-state index in [0.29, 0.717) is 31.7 Å². The fourth-order valence-corrected chi connectivity index (χ4v) is 6.44. The average Bonchev–Trinajstić information content (AvgIpc) is 3.40. The first-order valence-corrected chi connectivity index (χ1v) is 12.6. The maximum atomic E-state index is 13.4. The molecule has 2 fully saturated rings. The summed E-state index contributed by atoms with van der Waals surface area (Å²) in [4.78, 5) is 14.1. The summed E-state index contributed by atoms with van der Waals surface area (Å²) in [5.74, 6) is 0.861. The molecule has 9 nitrogen and oxygen atoms in total. The summed E-state index contributed by atoms with van der Waals surface area (Å²) in [6, 6.07) is 11.5. The van der Waals surface area contributed by atoms with Gasteiger partial charge in [-0.1, -0.05) is 12.1 Å². The molecular weight excluding hydrogens is 438 g/mol. The second kappa shape index (κ2) is 8.41. The second-order valence-electron chi connectivity index (χ2n) is 8.90. The van der Waals surface area contributed by atoms with Crippen molar-refractivity contribution in [3.63, 3.8) is 0 Å². The van der Waals surface area contributed by atoms with Crippen molar-refractivity contribution in [3.8, 4) is 6.07 Å². The molecule has 5 rings (SSSR count). The van der Waals surface area contributed by atoms with Crippen molar-refractivity contribution in [3.05, 3.63) is 54.0 Å². The lowest BCUT2D eigenvalue weighted by Crippen LogP contribution is -2.59. The van der Waals surface area contributed by atoms with Crippen molar-refractivity contribution < 1.29 is 8.42 Å². The Labute approximate surface area is 193 Å². The number of nitrogens with one attached hydrogen (secondary N) is 1. The van der Waals surface area contributed by atoms with Gasteiger partial charge in [-0.15, -0.1) is 0 Å². The quantitative estimate of drug-likeness (QED) is 0.573. The summed E-state index contributed by atoms with van der Waals surface area (Å²) >= 11 is 0. The van der Waals surface area contributed by atoms with Crippen molar-refractivity contribution in [1.82, 2.24) is 23.6 Å². The first kappa shape index (κ1) is 21.8. The molecule has 172 valence electrons. The van der Waals surface area contributed by atoms with Crippen LogP contribution in [0.15, 0.2) is 42.9 Å². The molecule has 0 unspecified atom stereocenters. The van der Waals surface area contributed by atoms with E-state index in [2.05, 4.69) is 25.9 Å². The Morgan fingerprint density at radius 3 is 2.70 bits per heavy atom. The third-order valence-electron chi connectivity index (χ3n) is 6.74. The minimum atomic E-state index is -3.55. The largest absolute Gasteiger partial charge is 0.353 e. The number of benzene rings is 1. The summed E-state index contributed by atoms with van der Waals surface area (Å²) in [5.41, 5.74) is 2.17. The van der Waals surface area contributed by atoms with E-state index in [4.69, 9.17) is 5.26 Å². The van der Waals surface area contributed by atoms with E-state index in [1.54, 1.807) is 29.8 Å². The van der Waals surface area contributed by atoms with Gasteiger partial charge >= 0.3 is 0 Å². The van der Waals surface area contributed by atoms with Crippen LogP contribution in [0.3, 0.4) is 0 Å². The molecule has 0 bridgehead atoms. The molecule has 2 aliphatic rings. The zero-order chi connectivity index (χ0) is 23.1. The Balaban J connectivity index is 1.24. The number of aromatic nitrogens is 3. The summed E-state index contributed by atoms with van der Waals surface area (Å²) in [5, 5.41) is 9.88. The molecular formula is C23H27N7O2S. The Hall–Kier alpha value is -3.00. The lowest BCUT2D eigenvalue weighted by atomic mass is 10.1. The fraction of sp³-hybridized carbons (Fsp3) is 0.435. The molecule has 3 heterocycles. The van der Waals surface area contributed by atoms with Gasteiger partial charge in [-0.3, -0.25) is 0 Å². The number of nitriles is 1. The topological polar surface area (TPSA) is 109 Å². The first-order chi connectivity index (χ1) is 15.9. The van der Waals surface area contributed by atoms with Crippen molar-refractivity contribution in [2.24, 2.45) is 0 Å². The standard InChI is InChI=1S/C23H27N7O2S/c1-28(12-2-3-18-4-6-19(15-24)7-5-18)33(31,32)30-14-13-29(16-23(30)9-10-23)22-20-8-11-25-21(20)26-17-27-22/h4-8,11,17H,2-3,9-10,12-14,16H2,1H3,(H,25,26,27). The minimum absolute atomic E-state index is 0.355. The van der Waals surface area contributed by atoms with Crippen LogP contribution in [-0.2, 0) is 16.6 Å². The highest BCUT2D eigenvalue weighted by Crippen LogP contribution is 2.47. The van der Waals surface area contributed by atoms with Crippen molar-refractivity contribution in [1.29, 1.82) is 5.26 Å². The molecule has 1 aliphatic heterocycles. The Kier molecular flexibility index (Phi) is 5.56. The molecule has 0 radical (unpaired) electrons. The van der Waals surface area contributed by atoms with E-state index < -0.39 is 10.2 Å². The first-order valence-electron chi connectivity index (χ1n) is 11.2. The highest BCUT2D eigenvalue weighted by Gasteiger charge is 2.56. The van der Waals surface area contributed by atoms with E-state index in [-0.39, 0.29) is 5.54 Å². The van der Waals surface area contributed by atoms with Gasteiger partial charge in [-0.05, 0) is 49.4 Å². The third-order valence-corrected chi connectivity index (χ3v) is 8.84. The molecule has 3 aromatic rings. The second-order valence-corrected chi connectivity index (χ2v) is 10.9. The molecule has 1 aliphatic carbocycles. The average molecular weight is 466 g/mol. The monoisotopic (exact) mass is 465 g/mol. The van der Waals surface area contributed by atoms with Gasteiger partial charge in [0, 0.05) is 39.4 Å². The van der Waals surface area contributed by atoms with Crippen LogP contribution < -0.4 is 4.90 Å². The summed E-state index contributed by atoms with van der Waals surface area (Å²) in [6.07, 6.45) is 6.63. The maximum Gasteiger partial charge on any atom is 0.282 e. The molecule has 1 N–H and O–H groups in total. The van der Waals surface area contributed by atoms with Crippen LogP contribution in [0.25, 0.3) is 11.0 Å². The number of H-pyrrole nitrogens is 1. The lowest BCUT2D eigenvalue weighted by Gasteiger charge is -2.43. The number of hydrogen-bond acceptors (Lipinski definition) is 6. The highest BCUT2D eigenvalue weighted by molar-refractivity contribution is 7.86. The lowest BCUT2D eigenvalue weighted by molar-refractivity contribution is 0.250. The molecule has 1 saturated carbocycles. The maximum absolute atomic E-state index is 13.4. The number of aromatic amines is 1. The number of piperazine rings is 1. The predicted molar refractivity (Wildman–Crippen MR) is 126 cm³/mol. The van der Waals surface area contributed by atoms with Gasteiger partial charge in [-0.25, -0.2) is 9.97 Å². The van der Waals surface area contributed by atoms with Gasteiger partial charge in [0.15, 0.2) is 0 Å². The van der Waals surface area contributed by atoms with Crippen LogP contribution >= 0.6 is 0 Å². The smallest absolute Gasteiger partial charge is 0.282 e. The Bertz CT molecular complexity index is 1290. The number of rotatable bonds is 7. The van der Waals surface area contributed by atoms with E-state index in [1.807, 2.05) is 24.4 Å². The Morgan fingerprint density at radius 1 is 1.18 bits per heavy atom. The van der Waals surface area contributed by atoms with Crippen LogP contribution in [0.1, 0.15) is 30.4 Å². The van der Waals surface area contributed by atoms with Crippen molar-refractivity contribution in [2.45, 2.75) is 31.2 Å². The van der Waals surface area contributed by atoms with Crippen LogP contribution in [-0.4, -0.2) is 70.7 Å². The number of hydrogen-bond donors (Lipinski definition) is 1. The fourth-order valence-electron chi connectivity index (χ4n) is 4.70. The van der Waals surface area contributed by atoms with E-state index >= 15 is 0 Å². The predicted octanol–water partition coefficient (Wildman–Crippen LogP) is 2.29.